The highest BCUT2D eigenvalue weighted by atomic mass is 19.1. The van der Waals surface area contributed by atoms with Gasteiger partial charge >= 0.3 is 5.97 Å². The monoisotopic (exact) mass is 259 g/mol. The standard InChI is InChI=1S/C13H22FNO3/c1-3-5-6-10(4-2)11(16)15-8-7-13(14,9-15)12(17)18/h10H,3-9H2,1-2H3,(H,17,18). The van der Waals surface area contributed by atoms with Gasteiger partial charge in [-0.2, -0.15) is 0 Å². The molecule has 0 aromatic carbocycles. The van der Waals surface area contributed by atoms with Gasteiger partial charge in [0.2, 0.25) is 11.6 Å². The van der Waals surface area contributed by atoms with E-state index in [0.29, 0.717) is 0 Å². The maximum atomic E-state index is 13.9. The Morgan fingerprint density at radius 1 is 1.44 bits per heavy atom. The maximum Gasteiger partial charge on any atom is 0.343 e. The molecule has 0 aromatic rings. The highest BCUT2D eigenvalue weighted by Gasteiger charge is 2.47. The first kappa shape index (κ1) is 14.9. The third-order valence-corrected chi connectivity index (χ3v) is 3.66. The molecule has 2 atom stereocenters. The Bertz CT molecular complexity index is 321. The van der Waals surface area contributed by atoms with E-state index < -0.39 is 11.6 Å². The van der Waals surface area contributed by atoms with Crippen LogP contribution in [0.1, 0.15) is 46.0 Å². The first-order valence-corrected chi connectivity index (χ1v) is 6.65. The van der Waals surface area contributed by atoms with Crippen molar-refractivity contribution in [3.63, 3.8) is 0 Å². The second-order valence-corrected chi connectivity index (χ2v) is 5.03. The van der Waals surface area contributed by atoms with Crippen LogP contribution in [-0.2, 0) is 9.59 Å². The normalized spacial score (nSPS) is 25.2. The van der Waals surface area contributed by atoms with E-state index >= 15 is 0 Å². The molecule has 0 radical (unpaired) electrons. The van der Waals surface area contributed by atoms with Gasteiger partial charge < -0.3 is 10.0 Å². The molecule has 1 rings (SSSR count). The second-order valence-electron chi connectivity index (χ2n) is 5.03. The van der Waals surface area contributed by atoms with Gasteiger partial charge in [-0.15, -0.1) is 0 Å². The third kappa shape index (κ3) is 3.21. The van der Waals surface area contributed by atoms with Crippen molar-refractivity contribution >= 4 is 11.9 Å². The fourth-order valence-electron chi connectivity index (χ4n) is 2.35. The summed E-state index contributed by atoms with van der Waals surface area (Å²) in [6, 6.07) is 0. The molecule has 0 saturated carbocycles. The summed E-state index contributed by atoms with van der Waals surface area (Å²) < 4.78 is 13.9. The van der Waals surface area contributed by atoms with E-state index in [1.54, 1.807) is 0 Å². The molecule has 18 heavy (non-hydrogen) atoms. The lowest BCUT2D eigenvalue weighted by molar-refractivity contribution is -0.150. The highest BCUT2D eigenvalue weighted by Crippen LogP contribution is 2.28. The van der Waals surface area contributed by atoms with Crippen molar-refractivity contribution in [1.29, 1.82) is 0 Å². The minimum Gasteiger partial charge on any atom is -0.479 e. The predicted molar refractivity (Wildman–Crippen MR) is 66.0 cm³/mol. The molecular weight excluding hydrogens is 237 g/mol. The highest BCUT2D eigenvalue weighted by molar-refractivity contribution is 5.83. The Balaban J connectivity index is 2.60. The predicted octanol–water partition coefficient (Wildman–Crippen LogP) is 2.23. The lowest BCUT2D eigenvalue weighted by atomic mass is 9.98. The van der Waals surface area contributed by atoms with Gasteiger partial charge in [0.25, 0.3) is 0 Å². The second kappa shape index (κ2) is 6.16. The smallest absolute Gasteiger partial charge is 0.343 e. The number of carboxylic acid groups (broad SMARTS) is 1. The molecule has 1 fully saturated rings. The number of hydrogen-bond donors (Lipinski definition) is 1. The van der Waals surface area contributed by atoms with Gasteiger partial charge in [0.15, 0.2) is 0 Å². The van der Waals surface area contributed by atoms with Gasteiger partial charge in [-0.25, -0.2) is 9.18 Å². The van der Waals surface area contributed by atoms with Crippen molar-refractivity contribution in [2.75, 3.05) is 13.1 Å². The van der Waals surface area contributed by atoms with Crippen molar-refractivity contribution < 1.29 is 19.1 Å². The number of alkyl halides is 1. The number of nitrogens with zero attached hydrogens (tertiary/aromatic N) is 1. The molecule has 1 aliphatic rings. The van der Waals surface area contributed by atoms with E-state index in [0.717, 1.165) is 25.7 Å². The van der Waals surface area contributed by atoms with Crippen LogP contribution >= 0.6 is 0 Å². The number of halogens is 1. The van der Waals surface area contributed by atoms with Gasteiger partial charge in [-0.05, 0) is 12.8 Å². The summed E-state index contributed by atoms with van der Waals surface area (Å²) in [4.78, 5) is 24.3. The quantitative estimate of drug-likeness (QED) is 0.795. The van der Waals surface area contributed by atoms with Crippen molar-refractivity contribution in [3.05, 3.63) is 0 Å². The first-order chi connectivity index (χ1) is 8.44. The summed E-state index contributed by atoms with van der Waals surface area (Å²) in [6.07, 6.45) is 3.42. The van der Waals surface area contributed by atoms with E-state index in [-0.39, 0.29) is 31.3 Å². The van der Waals surface area contributed by atoms with E-state index in [2.05, 4.69) is 6.92 Å². The third-order valence-electron chi connectivity index (χ3n) is 3.66. The number of hydrogen-bond acceptors (Lipinski definition) is 2. The van der Waals surface area contributed by atoms with Crippen LogP contribution < -0.4 is 0 Å². The topological polar surface area (TPSA) is 57.6 Å². The van der Waals surface area contributed by atoms with Crippen LogP contribution in [-0.4, -0.2) is 40.6 Å². The SMILES string of the molecule is CCCCC(CC)C(=O)N1CCC(F)(C(=O)O)C1. The zero-order valence-electron chi connectivity index (χ0n) is 11.1. The van der Waals surface area contributed by atoms with Gasteiger partial charge in [0.05, 0.1) is 6.54 Å². The van der Waals surface area contributed by atoms with Gasteiger partial charge in [0, 0.05) is 18.9 Å². The summed E-state index contributed by atoms with van der Waals surface area (Å²) in [5, 5.41) is 8.80. The number of likely N-dealkylation sites (tertiary alicyclic amines) is 1. The van der Waals surface area contributed by atoms with Crippen LogP contribution in [0.2, 0.25) is 0 Å². The molecule has 0 aromatic heterocycles. The molecule has 2 unspecified atom stereocenters. The van der Waals surface area contributed by atoms with Crippen molar-refractivity contribution in [1.82, 2.24) is 4.90 Å². The van der Waals surface area contributed by atoms with E-state index in [9.17, 15) is 14.0 Å². The molecule has 0 spiro atoms. The molecular formula is C13H22FNO3. The van der Waals surface area contributed by atoms with Crippen LogP contribution in [0, 0.1) is 5.92 Å². The molecule has 1 aliphatic heterocycles. The van der Waals surface area contributed by atoms with Crippen LogP contribution in [0.5, 0.6) is 0 Å². The van der Waals surface area contributed by atoms with Gasteiger partial charge in [-0.1, -0.05) is 26.7 Å². The Hall–Kier alpha value is -1.13. The zero-order chi connectivity index (χ0) is 13.8. The Labute approximate surface area is 107 Å². The van der Waals surface area contributed by atoms with Crippen molar-refractivity contribution in [2.45, 2.75) is 51.6 Å². The molecule has 1 saturated heterocycles. The molecule has 4 nitrogen and oxygen atoms in total. The summed E-state index contributed by atoms with van der Waals surface area (Å²) in [6.45, 7) is 3.91. The summed E-state index contributed by atoms with van der Waals surface area (Å²) in [5.41, 5.74) is -2.25. The van der Waals surface area contributed by atoms with Crippen LogP contribution in [0.25, 0.3) is 0 Å². The lowest BCUT2D eigenvalue weighted by Gasteiger charge is -2.23. The number of carbonyl (C=O) groups is 2. The minimum absolute atomic E-state index is 0.0910. The summed E-state index contributed by atoms with van der Waals surface area (Å²) in [7, 11) is 0. The molecule has 1 N–H and O–H groups in total. The van der Waals surface area contributed by atoms with Crippen LogP contribution in [0.4, 0.5) is 4.39 Å². The maximum absolute atomic E-state index is 13.9. The fourth-order valence-corrected chi connectivity index (χ4v) is 2.35. The molecule has 104 valence electrons. The summed E-state index contributed by atoms with van der Waals surface area (Å²) >= 11 is 0. The molecule has 1 heterocycles. The molecule has 0 aliphatic carbocycles. The number of unbranched alkanes of at least 4 members (excludes halogenated alkanes) is 1. The largest absolute Gasteiger partial charge is 0.479 e. The number of rotatable bonds is 6. The number of aliphatic carboxylic acids is 1. The number of amides is 1. The van der Waals surface area contributed by atoms with E-state index in [4.69, 9.17) is 5.11 Å². The summed E-state index contributed by atoms with van der Waals surface area (Å²) in [5.74, 6) is -1.65. The lowest BCUT2D eigenvalue weighted by Crippen LogP contribution is -2.40. The van der Waals surface area contributed by atoms with Crippen LogP contribution in [0.15, 0.2) is 0 Å². The Kier molecular flexibility index (Phi) is 5.11. The number of carboxylic acids is 1. The average Bonchev–Trinajstić information content (AvgIpc) is 2.74. The van der Waals surface area contributed by atoms with E-state index in [1.807, 2.05) is 6.92 Å². The van der Waals surface area contributed by atoms with Crippen molar-refractivity contribution in [3.8, 4) is 0 Å². The number of carbonyl (C=O) groups excluding carboxylic acids is 1. The molecule has 1 amide bonds. The van der Waals surface area contributed by atoms with Gasteiger partial charge in [-0.3, -0.25) is 4.79 Å². The van der Waals surface area contributed by atoms with Crippen molar-refractivity contribution in [2.24, 2.45) is 5.92 Å². The fraction of sp³-hybridized carbons (Fsp3) is 0.846. The average molecular weight is 259 g/mol. The van der Waals surface area contributed by atoms with Crippen LogP contribution in [0.3, 0.4) is 0 Å². The first-order valence-electron chi connectivity index (χ1n) is 6.65. The van der Waals surface area contributed by atoms with E-state index in [1.165, 1.54) is 4.90 Å². The molecule has 5 heteroatoms. The van der Waals surface area contributed by atoms with Gasteiger partial charge in [0.1, 0.15) is 0 Å². The Morgan fingerprint density at radius 2 is 2.11 bits per heavy atom. The minimum atomic E-state index is -2.25. The molecule has 0 bridgehead atoms. The Morgan fingerprint density at radius 3 is 2.56 bits per heavy atom. The zero-order valence-corrected chi connectivity index (χ0v) is 11.1.